The van der Waals surface area contributed by atoms with Crippen LogP contribution in [0.1, 0.15) is 65.5 Å². The van der Waals surface area contributed by atoms with Crippen LogP contribution in [0.5, 0.6) is 5.75 Å². The Labute approximate surface area is 296 Å². The van der Waals surface area contributed by atoms with Crippen LogP contribution in [0.15, 0.2) is 36.4 Å². The third kappa shape index (κ3) is 12.3. The minimum atomic E-state index is -1.54. The maximum absolute atomic E-state index is 14.7. The third-order valence-corrected chi connectivity index (χ3v) is 8.62. The summed E-state index contributed by atoms with van der Waals surface area (Å²) in [7, 11) is 0.954. The number of halogens is 3. The normalized spacial score (nSPS) is 14.8. The van der Waals surface area contributed by atoms with Gasteiger partial charge in [-0.3, -0.25) is 19.2 Å². The van der Waals surface area contributed by atoms with Gasteiger partial charge in [-0.2, -0.15) is 4.39 Å². The number of carbonyl (C=O) groups is 5. The van der Waals surface area contributed by atoms with Crippen molar-refractivity contribution >= 4 is 29.6 Å². The standard InChI is InChI=1S/C36H50F3N5O7/c1-8-20(6)32(35(48)44-31(19(4)5)36(49)50)43-27(46)17-24(40)25(14-21-12-10-9-11-13-21)41-34(47)30(18(2)3)42-26(45)16-22-15-23(37)29(39)33(51-7)28(22)38/h9-13,15,18-20,24-25,30-32H,8,14,16-17,40H2,1-7H3,(H,41,47)(H,42,45)(H,43,46)(H,44,48)(H,49,50)/t20-,24-,25-,30?,31?,32-/m0/s1. The van der Waals surface area contributed by atoms with E-state index < -0.39 is 107 Å². The van der Waals surface area contributed by atoms with Crippen molar-refractivity contribution in [2.45, 2.75) is 97.4 Å². The van der Waals surface area contributed by atoms with Gasteiger partial charge in [0.25, 0.3) is 0 Å². The summed E-state index contributed by atoms with van der Waals surface area (Å²) in [5.74, 6) is -10.4. The van der Waals surface area contributed by atoms with Crippen LogP contribution in [0.25, 0.3) is 0 Å². The number of hydrogen-bond donors (Lipinski definition) is 6. The second-order valence-electron chi connectivity index (χ2n) is 13.3. The lowest BCUT2D eigenvalue weighted by Gasteiger charge is -2.30. The Morgan fingerprint density at radius 3 is 1.90 bits per heavy atom. The Morgan fingerprint density at radius 1 is 0.804 bits per heavy atom. The first-order chi connectivity index (χ1) is 23.9. The maximum Gasteiger partial charge on any atom is 0.326 e. The molecular weight excluding hydrogens is 671 g/mol. The Bertz CT molecular complexity index is 1530. The average Bonchev–Trinajstić information content (AvgIpc) is 3.06. The summed E-state index contributed by atoms with van der Waals surface area (Å²) in [6.45, 7) is 10.2. The smallest absolute Gasteiger partial charge is 0.326 e. The monoisotopic (exact) mass is 721 g/mol. The highest BCUT2D eigenvalue weighted by Crippen LogP contribution is 2.27. The zero-order valence-electron chi connectivity index (χ0n) is 30.0. The number of nitrogens with two attached hydrogens (primary N) is 1. The van der Waals surface area contributed by atoms with E-state index >= 15 is 0 Å². The summed E-state index contributed by atoms with van der Waals surface area (Å²) in [5, 5.41) is 20.1. The van der Waals surface area contributed by atoms with Crippen LogP contribution in [0.4, 0.5) is 13.2 Å². The fraction of sp³-hybridized carbons (Fsp3) is 0.528. The van der Waals surface area contributed by atoms with Crippen LogP contribution in [0, 0.1) is 35.2 Å². The molecule has 4 amide bonds. The van der Waals surface area contributed by atoms with Crippen molar-refractivity contribution in [2.75, 3.05) is 7.11 Å². The molecule has 12 nitrogen and oxygen atoms in total. The summed E-state index contributed by atoms with van der Waals surface area (Å²) in [6.07, 6.45) is -0.377. The van der Waals surface area contributed by atoms with Gasteiger partial charge < -0.3 is 36.8 Å². The minimum Gasteiger partial charge on any atom is -0.491 e. The molecule has 0 aliphatic rings. The quantitative estimate of drug-likeness (QED) is 0.119. The van der Waals surface area contributed by atoms with E-state index in [2.05, 4.69) is 26.0 Å². The Hall–Kier alpha value is -4.66. The maximum atomic E-state index is 14.7. The number of benzene rings is 2. The fourth-order valence-corrected chi connectivity index (χ4v) is 5.37. The molecule has 0 saturated carbocycles. The molecule has 0 bridgehead atoms. The summed E-state index contributed by atoms with van der Waals surface area (Å²) >= 11 is 0. The van der Waals surface area contributed by atoms with Crippen molar-refractivity contribution in [3.63, 3.8) is 0 Å². The number of carboxylic acids is 1. The van der Waals surface area contributed by atoms with Gasteiger partial charge in [0.15, 0.2) is 17.4 Å². The SMILES string of the molecule is CC[C@H](C)[C@H](NC(=O)C[C@H](N)[C@H](Cc1ccccc1)NC(=O)C(NC(=O)Cc1cc(F)c(F)c(OC)c1F)C(C)C)C(=O)NC(C(=O)O)C(C)C. The van der Waals surface area contributed by atoms with Gasteiger partial charge >= 0.3 is 5.97 Å². The number of carbonyl (C=O) groups excluding carboxylic acids is 4. The number of aliphatic carboxylic acids is 1. The molecule has 15 heteroatoms. The first-order valence-electron chi connectivity index (χ1n) is 16.8. The molecule has 282 valence electrons. The van der Waals surface area contributed by atoms with E-state index in [1.54, 1.807) is 65.0 Å². The van der Waals surface area contributed by atoms with E-state index in [4.69, 9.17) is 5.73 Å². The summed E-state index contributed by atoms with van der Waals surface area (Å²) in [4.78, 5) is 64.8. The minimum absolute atomic E-state index is 0.184. The number of nitrogens with one attached hydrogen (secondary N) is 4. The molecule has 0 radical (unpaired) electrons. The second-order valence-corrected chi connectivity index (χ2v) is 13.3. The van der Waals surface area contributed by atoms with Crippen LogP contribution in [-0.2, 0) is 36.8 Å². The van der Waals surface area contributed by atoms with E-state index in [9.17, 15) is 42.3 Å². The molecule has 2 aromatic rings. The van der Waals surface area contributed by atoms with Crippen LogP contribution < -0.4 is 31.7 Å². The van der Waals surface area contributed by atoms with E-state index in [-0.39, 0.29) is 18.8 Å². The van der Waals surface area contributed by atoms with Gasteiger partial charge in [0.1, 0.15) is 18.1 Å². The van der Waals surface area contributed by atoms with Crippen molar-refractivity contribution in [3.05, 3.63) is 65.0 Å². The molecule has 0 aliphatic carbocycles. The molecule has 6 atom stereocenters. The predicted molar refractivity (Wildman–Crippen MR) is 184 cm³/mol. The van der Waals surface area contributed by atoms with Gasteiger partial charge in [-0.25, -0.2) is 13.6 Å². The van der Waals surface area contributed by atoms with E-state index in [0.717, 1.165) is 12.7 Å². The summed E-state index contributed by atoms with van der Waals surface area (Å²) in [6, 6.07) is 4.27. The van der Waals surface area contributed by atoms with Crippen LogP contribution in [-0.4, -0.2) is 72.0 Å². The largest absolute Gasteiger partial charge is 0.491 e. The van der Waals surface area contributed by atoms with Crippen LogP contribution >= 0.6 is 0 Å². The summed E-state index contributed by atoms with van der Waals surface area (Å²) < 4.78 is 47.3. The topological polar surface area (TPSA) is 189 Å². The molecule has 2 aromatic carbocycles. The molecule has 0 aromatic heterocycles. The predicted octanol–water partition coefficient (Wildman–Crippen LogP) is 3.00. The lowest BCUT2D eigenvalue weighted by molar-refractivity contribution is -0.143. The second kappa shape index (κ2) is 19.7. The fourth-order valence-electron chi connectivity index (χ4n) is 5.37. The van der Waals surface area contributed by atoms with Gasteiger partial charge in [-0.1, -0.05) is 78.3 Å². The number of methoxy groups -OCH3 is 1. The molecule has 51 heavy (non-hydrogen) atoms. The molecule has 7 N–H and O–H groups in total. The highest BCUT2D eigenvalue weighted by atomic mass is 19.2. The highest BCUT2D eigenvalue weighted by molar-refractivity contribution is 5.91. The molecule has 0 fully saturated rings. The number of carboxylic acid groups (broad SMARTS) is 1. The molecule has 2 unspecified atom stereocenters. The van der Waals surface area contributed by atoms with Crippen molar-refractivity contribution in [2.24, 2.45) is 23.5 Å². The molecular formula is C36H50F3N5O7. The number of ether oxygens (including phenoxy) is 1. The lowest BCUT2D eigenvalue weighted by atomic mass is 9.94. The van der Waals surface area contributed by atoms with E-state index in [1.165, 1.54) is 0 Å². The zero-order valence-corrected chi connectivity index (χ0v) is 30.0. The highest BCUT2D eigenvalue weighted by Gasteiger charge is 2.34. The van der Waals surface area contributed by atoms with E-state index in [1.807, 2.05) is 6.92 Å². The first-order valence-corrected chi connectivity index (χ1v) is 16.8. The van der Waals surface area contributed by atoms with Crippen LogP contribution in [0.3, 0.4) is 0 Å². The summed E-state index contributed by atoms with van der Waals surface area (Å²) in [5.41, 5.74) is 6.82. The molecule has 2 rings (SSSR count). The van der Waals surface area contributed by atoms with Crippen molar-refractivity contribution in [1.29, 1.82) is 0 Å². The Kier molecular flexibility index (Phi) is 16.4. The Morgan fingerprint density at radius 2 is 1.37 bits per heavy atom. The first kappa shape index (κ1) is 42.5. The lowest BCUT2D eigenvalue weighted by Crippen LogP contribution is -2.58. The van der Waals surface area contributed by atoms with Gasteiger partial charge in [0.05, 0.1) is 13.5 Å². The van der Waals surface area contributed by atoms with Gasteiger partial charge in [0.2, 0.25) is 29.4 Å². The third-order valence-electron chi connectivity index (χ3n) is 8.62. The average molecular weight is 722 g/mol. The van der Waals surface area contributed by atoms with Crippen LogP contribution in [0.2, 0.25) is 0 Å². The molecule has 0 aliphatic heterocycles. The molecule has 0 saturated heterocycles. The van der Waals surface area contributed by atoms with Crippen molar-refractivity contribution in [3.8, 4) is 5.75 Å². The number of rotatable bonds is 19. The van der Waals surface area contributed by atoms with Crippen molar-refractivity contribution in [1.82, 2.24) is 21.3 Å². The molecule has 0 spiro atoms. The Balaban J connectivity index is 2.26. The van der Waals surface area contributed by atoms with Gasteiger partial charge in [-0.15, -0.1) is 0 Å². The van der Waals surface area contributed by atoms with E-state index in [0.29, 0.717) is 12.5 Å². The zero-order chi connectivity index (χ0) is 38.6. The molecule has 0 heterocycles. The van der Waals surface area contributed by atoms with Gasteiger partial charge in [0, 0.05) is 24.1 Å². The van der Waals surface area contributed by atoms with Crippen molar-refractivity contribution < 1.29 is 47.0 Å². The number of amides is 4. The number of hydrogen-bond acceptors (Lipinski definition) is 7. The van der Waals surface area contributed by atoms with Gasteiger partial charge in [-0.05, 0) is 35.8 Å².